The molecule has 38 heavy (non-hydrogen) atoms. The summed E-state index contributed by atoms with van der Waals surface area (Å²) in [5.74, 6) is -0.498. The standard InChI is InChI=1S/C30H38O8/c1-14-12-23(36-25(33)15(14)2)28(5)20-7-6-19-17-13-24-30(37-24)22(35-16(3)31)9-8-21(32)27(30,4)18(17)10-11-29(19,20)26(34)38-28/h8-9,14-15,17-20,22-24H,6-7,10-13H2,1-5H3/t14-,15+,17+,18-,19-,20+,22-,23+,24+,27-,28+,29+,30+/m0/s1. The van der Waals surface area contributed by atoms with Crippen LogP contribution in [0.15, 0.2) is 12.2 Å². The molecule has 0 aromatic carbocycles. The van der Waals surface area contributed by atoms with Gasteiger partial charge in [0.1, 0.15) is 17.3 Å². The molecule has 3 saturated heterocycles. The van der Waals surface area contributed by atoms with Crippen molar-refractivity contribution >= 4 is 23.7 Å². The fraction of sp³-hybridized carbons (Fsp3) is 0.800. The highest BCUT2D eigenvalue weighted by Gasteiger charge is 2.83. The van der Waals surface area contributed by atoms with Crippen molar-refractivity contribution < 1.29 is 38.1 Å². The first kappa shape index (κ1) is 24.8. The van der Waals surface area contributed by atoms with Crippen molar-refractivity contribution in [2.45, 2.75) is 103 Å². The number of hydrogen-bond acceptors (Lipinski definition) is 8. The van der Waals surface area contributed by atoms with Gasteiger partial charge in [0.05, 0.1) is 22.9 Å². The van der Waals surface area contributed by atoms with Crippen LogP contribution in [0, 0.1) is 46.3 Å². The van der Waals surface area contributed by atoms with Crippen LogP contribution in [0.1, 0.15) is 73.1 Å². The van der Waals surface area contributed by atoms with Crippen LogP contribution in [0.2, 0.25) is 0 Å². The molecule has 8 heteroatoms. The average molecular weight is 527 g/mol. The molecule has 3 aliphatic heterocycles. The molecule has 0 aromatic heterocycles. The summed E-state index contributed by atoms with van der Waals surface area (Å²) in [7, 11) is 0. The Kier molecular flexibility index (Phi) is 4.89. The van der Waals surface area contributed by atoms with Gasteiger partial charge >= 0.3 is 17.9 Å². The summed E-state index contributed by atoms with van der Waals surface area (Å²) >= 11 is 0. The van der Waals surface area contributed by atoms with Crippen LogP contribution in [-0.2, 0) is 38.1 Å². The normalized spacial score (nSPS) is 56.0. The molecule has 4 aliphatic carbocycles. The number of carbonyl (C=O) groups is 4. The van der Waals surface area contributed by atoms with E-state index in [0.717, 1.165) is 19.3 Å². The maximum Gasteiger partial charge on any atom is 0.313 e. The summed E-state index contributed by atoms with van der Waals surface area (Å²) in [6.07, 6.45) is 6.57. The molecule has 0 N–H and O–H groups in total. The van der Waals surface area contributed by atoms with E-state index in [2.05, 4.69) is 6.92 Å². The number of carbonyl (C=O) groups excluding carboxylic acids is 4. The summed E-state index contributed by atoms with van der Waals surface area (Å²) < 4.78 is 24.3. The zero-order valence-electron chi connectivity index (χ0n) is 22.9. The molecule has 6 fully saturated rings. The minimum absolute atomic E-state index is 0.0257. The average Bonchev–Trinajstić information content (AvgIpc) is 3.37. The van der Waals surface area contributed by atoms with E-state index in [-0.39, 0.29) is 65.3 Å². The first-order chi connectivity index (χ1) is 17.9. The van der Waals surface area contributed by atoms with Crippen molar-refractivity contribution in [2.24, 2.45) is 46.3 Å². The molecule has 3 heterocycles. The molecule has 3 saturated carbocycles. The Labute approximate surface area is 223 Å². The molecule has 0 amide bonds. The van der Waals surface area contributed by atoms with Crippen LogP contribution in [0.3, 0.4) is 0 Å². The van der Waals surface area contributed by atoms with Gasteiger partial charge in [0.15, 0.2) is 11.9 Å². The second-order valence-corrected chi connectivity index (χ2v) is 13.7. The maximum atomic E-state index is 13.9. The monoisotopic (exact) mass is 526 g/mol. The molecule has 206 valence electrons. The van der Waals surface area contributed by atoms with Gasteiger partial charge in [0.2, 0.25) is 0 Å². The third-order valence-corrected chi connectivity index (χ3v) is 12.5. The predicted octanol–water partition coefficient (Wildman–Crippen LogP) is 3.55. The van der Waals surface area contributed by atoms with Gasteiger partial charge < -0.3 is 18.9 Å². The Hall–Kier alpha value is -2.22. The second kappa shape index (κ2) is 7.49. The van der Waals surface area contributed by atoms with E-state index < -0.39 is 34.2 Å². The highest BCUT2D eigenvalue weighted by Crippen LogP contribution is 2.75. The van der Waals surface area contributed by atoms with Crippen molar-refractivity contribution in [2.75, 3.05) is 0 Å². The third kappa shape index (κ3) is 2.66. The third-order valence-electron chi connectivity index (χ3n) is 12.5. The number of cyclic esters (lactones) is 2. The van der Waals surface area contributed by atoms with Crippen LogP contribution >= 0.6 is 0 Å². The van der Waals surface area contributed by atoms with Gasteiger partial charge in [0, 0.05) is 12.8 Å². The Bertz CT molecular complexity index is 1180. The van der Waals surface area contributed by atoms with Crippen molar-refractivity contribution in [1.29, 1.82) is 0 Å². The molecular formula is C30H38O8. The van der Waals surface area contributed by atoms with E-state index in [0.29, 0.717) is 19.3 Å². The van der Waals surface area contributed by atoms with E-state index in [1.807, 2.05) is 20.8 Å². The van der Waals surface area contributed by atoms with Gasteiger partial charge in [-0.3, -0.25) is 19.2 Å². The van der Waals surface area contributed by atoms with E-state index in [1.54, 1.807) is 12.2 Å². The number of epoxide rings is 1. The first-order valence-electron chi connectivity index (χ1n) is 14.4. The van der Waals surface area contributed by atoms with Gasteiger partial charge in [-0.25, -0.2) is 0 Å². The molecule has 2 spiro atoms. The minimum atomic E-state index is -0.842. The van der Waals surface area contributed by atoms with Crippen LogP contribution < -0.4 is 0 Å². The number of hydrogen-bond donors (Lipinski definition) is 0. The van der Waals surface area contributed by atoms with Crippen LogP contribution in [0.5, 0.6) is 0 Å². The lowest BCUT2D eigenvalue weighted by Crippen LogP contribution is -2.64. The molecule has 13 atom stereocenters. The number of rotatable bonds is 2. The topological polar surface area (TPSA) is 109 Å². The Morgan fingerprint density at radius 2 is 1.79 bits per heavy atom. The van der Waals surface area contributed by atoms with Gasteiger partial charge in [-0.05, 0) is 88.2 Å². The molecular weight excluding hydrogens is 488 g/mol. The summed E-state index contributed by atoms with van der Waals surface area (Å²) in [6, 6.07) is 0. The smallest absolute Gasteiger partial charge is 0.313 e. The van der Waals surface area contributed by atoms with Crippen LogP contribution in [0.25, 0.3) is 0 Å². The lowest BCUT2D eigenvalue weighted by molar-refractivity contribution is -0.192. The van der Waals surface area contributed by atoms with Gasteiger partial charge in [0.25, 0.3) is 0 Å². The van der Waals surface area contributed by atoms with Crippen molar-refractivity contribution in [1.82, 2.24) is 0 Å². The number of ether oxygens (including phenoxy) is 4. The number of fused-ring (bicyclic) bond motifs is 3. The fourth-order valence-corrected chi connectivity index (χ4v) is 10.4. The van der Waals surface area contributed by atoms with Crippen molar-refractivity contribution in [3.8, 4) is 0 Å². The number of allylic oxidation sites excluding steroid dienone is 1. The van der Waals surface area contributed by atoms with E-state index in [4.69, 9.17) is 18.9 Å². The van der Waals surface area contributed by atoms with E-state index in [1.165, 1.54) is 6.92 Å². The molecule has 0 radical (unpaired) electrons. The summed E-state index contributed by atoms with van der Waals surface area (Å²) in [4.78, 5) is 52.1. The summed E-state index contributed by atoms with van der Waals surface area (Å²) in [6.45, 7) is 9.34. The van der Waals surface area contributed by atoms with Crippen molar-refractivity contribution in [3.63, 3.8) is 0 Å². The lowest BCUT2D eigenvalue weighted by Gasteiger charge is -2.56. The van der Waals surface area contributed by atoms with E-state index >= 15 is 0 Å². The maximum absolute atomic E-state index is 13.9. The van der Waals surface area contributed by atoms with Crippen LogP contribution in [-0.4, -0.2) is 53.2 Å². The zero-order chi connectivity index (χ0) is 27.0. The van der Waals surface area contributed by atoms with E-state index in [9.17, 15) is 19.2 Å². The number of ketones is 1. The van der Waals surface area contributed by atoms with Gasteiger partial charge in [-0.2, -0.15) is 0 Å². The Morgan fingerprint density at radius 1 is 1.03 bits per heavy atom. The van der Waals surface area contributed by atoms with Gasteiger partial charge in [-0.1, -0.05) is 13.8 Å². The first-order valence-corrected chi connectivity index (χ1v) is 14.4. The second-order valence-electron chi connectivity index (χ2n) is 13.7. The number of esters is 3. The Balaban J connectivity index is 1.22. The summed E-state index contributed by atoms with van der Waals surface area (Å²) in [5, 5.41) is 0. The zero-order valence-corrected chi connectivity index (χ0v) is 22.9. The van der Waals surface area contributed by atoms with Gasteiger partial charge in [-0.15, -0.1) is 0 Å². The highest BCUT2D eigenvalue weighted by atomic mass is 16.7. The fourth-order valence-electron chi connectivity index (χ4n) is 10.4. The lowest BCUT2D eigenvalue weighted by atomic mass is 9.44. The molecule has 0 unspecified atom stereocenters. The quantitative estimate of drug-likeness (QED) is 0.305. The largest absolute Gasteiger partial charge is 0.458 e. The molecule has 0 aromatic rings. The summed E-state index contributed by atoms with van der Waals surface area (Å²) in [5.41, 5.74) is -3.10. The predicted molar refractivity (Wildman–Crippen MR) is 132 cm³/mol. The minimum Gasteiger partial charge on any atom is -0.458 e. The van der Waals surface area contributed by atoms with Crippen molar-refractivity contribution in [3.05, 3.63) is 12.2 Å². The Morgan fingerprint density at radius 3 is 2.50 bits per heavy atom. The molecule has 0 bridgehead atoms. The van der Waals surface area contributed by atoms with Crippen LogP contribution in [0.4, 0.5) is 0 Å². The molecule has 7 aliphatic rings. The highest BCUT2D eigenvalue weighted by molar-refractivity contribution is 5.98. The SMILES string of the molecule is CC(=O)O[C@H]1C=CC(=O)[C@]2(C)[C@H]3CC[C@]45C(=O)O[C@@](C)([C@H]6C[C@H](C)[C@@H](C)C(=O)O6)[C@H]4CC[C@H]5[C@@H]3C[C@H]3O[C@]132. The molecule has 8 nitrogen and oxygen atoms in total. The molecule has 7 rings (SSSR count).